The van der Waals surface area contributed by atoms with Gasteiger partial charge < -0.3 is 10.1 Å². The van der Waals surface area contributed by atoms with Crippen LogP contribution in [0.25, 0.3) is 0 Å². The number of hydrogen-bond acceptors (Lipinski definition) is 5. The fourth-order valence-corrected chi connectivity index (χ4v) is 3.24. The third-order valence-electron chi connectivity index (χ3n) is 4.15. The van der Waals surface area contributed by atoms with Gasteiger partial charge in [-0.15, -0.1) is 0 Å². The van der Waals surface area contributed by atoms with Crippen LogP contribution in [0.2, 0.25) is 5.02 Å². The topological polar surface area (TPSA) is 64.9 Å². The molecule has 9 heteroatoms. The van der Waals surface area contributed by atoms with E-state index in [1.165, 1.54) is 6.07 Å². The van der Waals surface area contributed by atoms with Crippen molar-refractivity contribution in [3.05, 3.63) is 62.8 Å². The third-order valence-corrected chi connectivity index (χ3v) is 5.00. The number of halogens is 3. The lowest BCUT2D eigenvalue weighted by atomic mass is 10.2. The summed E-state index contributed by atoms with van der Waals surface area (Å²) in [6, 6.07) is 10.2. The predicted octanol–water partition coefficient (Wildman–Crippen LogP) is 5.22. The predicted molar refractivity (Wildman–Crippen MR) is 110 cm³/mol. The molecule has 0 bridgehead atoms. The number of tetrazole rings is 1. The molecule has 1 N–H and O–H groups in total. The molecule has 0 aliphatic carbocycles. The second kappa shape index (κ2) is 9.84. The highest BCUT2D eigenvalue weighted by atomic mass is 79.9. The summed E-state index contributed by atoms with van der Waals surface area (Å²) in [5.74, 6) is 0.832. The molecule has 0 saturated heterocycles. The van der Waals surface area contributed by atoms with Gasteiger partial charge in [-0.25, -0.2) is 9.07 Å². The summed E-state index contributed by atoms with van der Waals surface area (Å²) in [5, 5.41) is 15.3. The normalized spacial score (nSPS) is 10.9. The molecule has 0 aliphatic heterocycles. The molecule has 0 unspecified atom stereocenters. The van der Waals surface area contributed by atoms with E-state index in [0.717, 1.165) is 29.4 Å². The van der Waals surface area contributed by atoms with E-state index < -0.39 is 0 Å². The van der Waals surface area contributed by atoms with Gasteiger partial charge >= 0.3 is 0 Å². The Morgan fingerprint density at radius 3 is 2.93 bits per heavy atom. The lowest BCUT2D eigenvalue weighted by Crippen LogP contribution is -2.10. The quantitative estimate of drug-likeness (QED) is 0.466. The Kier molecular flexibility index (Phi) is 7.22. The monoisotopic (exact) mass is 467 g/mol. The Bertz CT molecular complexity index is 916. The van der Waals surface area contributed by atoms with Crippen LogP contribution in [0.5, 0.6) is 5.75 Å². The second-order valence-corrected chi connectivity index (χ2v) is 7.50. The summed E-state index contributed by atoms with van der Waals surface area (Å²) in [4.78, 5) is 0. The van der Waals surface area contributed by atoms with Crippen LogP contribution in [0.3, 0.4) is 0 Å². The Balaban J connectivity index is 1.72. The highest BCUT2D eigenvalue weighted by molar-refractivity contribution is 9.10. The van der Waals surface area contributed by atoms with Gasteiger partial charge in [0.05, 0.1) is 5.02 Å². The van der Waals surface area contributed by atoms with Crippen LogP contribution < -0.4 is 10.1 Å². The number of nitrogens with zero attached hydrogens (tertiary/aromatic N) is 4. The number of aryl methyl sites for hydroxylation is 1. The molecule has 0 aliphatic rings. The van der Waals surface area contributed by atoms with Gasteiger partial charge in [-0.2, -0.15) is 0 Å². The van der Waals surface area contributed by atoms with Crippen molar-refractivity contribution in [1.82, 2.24) is 20.2 Å². The van der Waals surface area contributed by atoms with Gasteiger partial charge in [0.2, 0.25) is 5.95 Å². The number of aromatic nitrogens is 4. The van der Waals surface area contributed by atoms with Gasteiger partial charge in [-0.3, -0.25) is 0 Å². The maximum atomic E-state index is 14.0. The van der Waals surface area contributed by atoms with Crippen molar-refractivity contribution in [3.63, 3.8) is 0 Å². The number of ether oxygens (including phenoxy) is 1. The molecule has 1 aromatic heterocycles. The van der Waals surface area contributed by atoms with Crippen LogP contribution in [-0.4, -0.2) is 20.2 Å². The van der Waals surface area contributed by atoms with E-state index in [2.05, 4.69) is 43.7 Å². The van der Waals surface area contributed by atoms with Gasteiger partial charge in [0.25, 0.3) is 0 Å². The summed E-state index contributed by atoms with van der Waals surface area (Å²) in [7, 11) is 0. The Labute approximate surface area is 176 Å². The molecule has 148 valence electrons. The van der Waals surface area contributed by atoms with Crippen molar-refractivity contribution in [2.45, 2.75) is 39.5 Å². The van der Waals surface area contributed by atoms with Crippen LogP contribution in [0.1, 0.15) is 30.9 Å². The smallest absolute Gasteiger partial charge is 0.243 e. The van der Waals surface area contributed by atoms with Crippen molar-refractivity contribution in [3.8, 4) is 5.75 Å². The average Bonchev–Trinajstić information content (AvgIpc) is 3.13. The molecule has 0 radical (unpaired) electrons. The van der Waals surface area contributed by atoms with Gasteiger partial charge in [0, 0.05) is 28.7 Å². The number of hydrogen-bond donors (Lipinski definition) is 1. The molecule has 6 nitrogen and oxygen atoms in total. The number of unbranched alkanes of at least 4 members (excludes halogenated alkanes) is 1. The van der Waals surface area contributed by atoms with Gasteiger partial charge in [-0.05, 0) is 47.2 Å². The van der Waals surface area contributed by atoms with Crippen LogP contribution in [0, 0.1) is 5.82 Å². The SMILES string of the molecule is CCCCn1nnnc1NCc1cc(Br)ccc1OCc1c(F)cccc1Cl. The third kappa shape index (κ3) is 5.20. The molecular weight excluding hydrogens is 449 g/mol. The summed E-state index contributed by atoms with van der Waals surface area (Å²) in [5.41, 5.74) is 1.21. The van der Waals surface area contributed by atoms with Gasteiger partial charge in [-0.1, -0.05) is 52.0 Å². The molecule has 28 heavy (non-hydrogen) atoms. The Hall–Kier alpha value is -2.19. The zero-order valence-corrected chi connectivity index (χ0v) is 17.7. The zero-order valence-electron chi connectivity index (χ0n) is 15.3. The number of nitrogens with one attached hydrogen (secondary N) is 1. The lowest BCUT2D eigenvalue weighted by Gasteiger charge is -2.14. The standard InChI is InChI=1S/C19H20BrClFN5O/c1-2-3-9-27-19(24-25-26-27)23-11-13-10-14(20)7-8-18(13)28-12-15-16(21)5-4-6-17(15)22/h4-8,10H,2-3,9,11-12H2,1H3,(H,23,24,26). The first-order chi connectivity index (χ1) is 13.6. The lowest BCUT2D eigenvalue weighted by molar-refractivity contribution is 0.297. The minimum absolute atomic E-state index is 0.0361. The van der Waals surface area contributed by atoms with Crippen molar-refractivity contribution in [2.24, 2.45) is 0 Å². The van der Waals surface area contributed by atoms with Crippen molar-refractivity contribution >= 4 is 33.5 Å². The van der Waals surface area contributed by atoms with Crippen LogP contribution in [0.15, 0.2) is 40.9 Å². The number of benzene rings is 2. The molecule has 0 atom stereocenters. The van der Waals surface area contributed by atoms with E-state index in [4.69, 9.17) is 16.3 Å². The first kappa shape index (κ1) is 20.5. The molecular formula is C19H20BrClFN5O. The molecule has 0 amide bonds. The summed E-state index contributed by atoms with van der Waals surface area (Å²) in [6.07, 6.45) is 2.05. The largest absolute Gasteiger partial charge is 0.488 e. The molecule has 0 spiro atoms. The molecule has 0 fully saturated rings. The minimum Gasteiger partial charge on any atom is -0.488 e. The van der Waals surface area contributed by atoms with Crippen molar-refractivity contribution in [1.29, 1.82) is 0 Å². The van der Waals surface area contributed by atoms with E-state index in [1.807, 2.05) is 18.2 Å². The zero-order chi connectivity index (χ0) is 19.9. The average molecular weight is 469 g/mol. The molecule has 3 rings (SSSR count). The first-order valence-corrected chi connectivity index (χ1v) is 10.1. The van der Waals surface area contributed by atoms with E-state index in [0.29, 0.717) is 28.8 Å². The van der Waals surface area contributed by atoms with Gasteiger partial charge in [0.1, 0.15) is 18.2 Å². The van der Waals surface area contributed by atoms with Crippen LogP contribution in [-0.2, 0) is 19.7 Å². The Morgan fingerprint density at radius 1 is 1.29 bits per heavy atom. The van der Waals surface area contributed by atoms with E-state index in [-0.39, 0.29) is 12.4 Å². The van der Waals surface area contributed by atoms with E-state index >= 15 is 0 Å². The summed E-state index contributed by atoms with van der Waals surface area (Å²) >= 11 is 9.56. The minimum atomic E-state index is -0.389. The summed E-state index contributed by atoms with van der Waals surface area (Å²) < 4.78 is 22.5. The van der Waals surface area contributed by atoms with Crippen LogP contribution in [0.4, 0.5) is 10.3 Å². The fourth-order valence-electron chi connectivity index (χ4n) is 2.61. The Morgan fingerprint density at radius 2 is 2.14 bits per heavy atom. The van der Waals surface area contributed by atoms with Crippen molar-refractivity contribution in [2.75, 3.05) is 5.32 Å². The number of anilines is 1. The van der Waals surface area contributed by atoms with Gasteiger partial charge in [0.15, 0.2) is 0 Å². The molecule has 3 aromatic rings. The van der Waals surface area contributed by atoms with Crippen molar-refractivity contribution < 1.29 is 9.13 Å². The fraction of sp³-hybridized carbons (Fsp3) is 0.316. The second-order valence-electron chi connectivity index (χ2n) is 6.17. The summed E-state index contributed by atoms with van der Waals surface area (Å²) in [6.45, 7) is 3.35. The molecule has 1 heterocycles. The molecule has 2 aromatic carbocycles. The first-order valence-electron chi connectivity index (χ1n) is 8.92. The van der Waals surface area contributed by atoms with Crippen LogP contribution >= 0.6 is 27.5 Å². The highest BCUT2D eigenvalue weighted by Crippen LogP contribution is 2.27. The van der Waals surface area contributed by atoms with E-state index in [1.54, 1.807) is 16.8 Å². The highest BCUT2D eigenvalue weighted by Gasteiger charge is 2.12. The number of rotatable bonds is 9. The van der Waals surface area contributed by atoms with E-state index in [9.17, 15) is 4.39 Å². The maximum absolute atomic E-state index is 14.0. The molecule has 0 saturated carbocycles. The maximum Gasteiger partial charge on any atom is 0.243 e.